The van der Waals surface area contributed by atoms with Crippen molar-refractivity contribution in [2.24, 2.45) is 0 Å². The van der Waals surface area contributed by atoms with Crippen LogP contribution in [0.2, 0.25) is 0 Å². The van der Waals surface area contributed by atoms with Crippen LogP contribution in [0.3, 0.4) is 0 Å². The maximum atomic E-state index is 13.9. The Balaban J connectivity index is 1.98. The van der Waals surface area contributed by atoms with E-state index < -0.39 is 41.6 Å². The lowest BCUT2D eigenvalue weighted by Gasteiger charge is -2.32. The lowest BCUT2D eigenvalue weighted by molar-refractivity contribution is -0.136. The number of esters is 1. The standard InChI is InChI=1S/C21H24BF3O5/c1-6-27-18(26)17-15(22-29-19(2,3)20(4,5)30-22)13-9-12(11-7-8-11)10-14(16(13)28-17)21(23,24)25/h9-11H,6-8H2,1-5H3. The van der Waals surface area contributed by atoms with Gasteiger partial charge in [0.25, 0.3) is 0 Å². The Morgan fingerprint density at radius 1 is 1.17 bits per heavy atom. The Labute approximate surface area is 173 Å². The van der Waals surface area contributed by atoms with Gasteiger partial charge in [-0.05, 0) is 71.1 Å². The molecule has 4 rings (SSSR count). The molecule has 1 aliphatic heterocycles. The Morgan fingerprint density at radius 3 is 2.27 bits per heavy atom. The zero-order valence-electron chi connectivity index (χ0n) is 17.6. The molecule has 162 valence electrons. The first-order valence-corrected chi connectivity index (χ1v) is 10.1. The molecule has 9 heteroatoms. The highest BCUT2D eigenvalue weighted by molar-refractivity contribution is 6.66. The summed E-state index contributed by atoms with van der Waals surface area (Å²) < 4.78 is 64.3. The number of carbonyl (C=O) groups is 1. The third kappa shape index (κ3) is 3.41. The van der Waals surface area contributed by atoms with E-state index in [1.807, 2.05) is 27.7 Å². The Hall–Kier alpha value is -2.00. The Morgan fingerprint density at radius 2 is 1.77 bits per heavy atom. The number of ether oxygens (including phenoxy) is 1. The molecular formula is C21H24BF3O5. The maximum Gasteiger partial charge on any atom is 0.499 e. The van der Waals surface area contributed by atoms with E-state index in [1.54, 1.807) is 13.0 Å². The van der Waals surface area contributed by atoms with Crippen LogP contribution < -0.4 is 5.46 Å². The number of rotatable bonds is 4. The molecule has 1 saturated heterocycles. The van der Waals surface area contributed by atoms with Crippen LogP contribution in [0.25, 0.3) is 11.0 Å². The summed E-state index contributed by atoms with van der Waals surface area (Å²) in [5.41, 5.74) is -2.07. The molecule has 2 fully saturated rings. The second-order valence-corrected chi connectivity index (χ2v) is 8.87. The highest BCUT2D eigenvalue weighted by atomic mass is 19.4. The summed E-state index contributed by atoms with van der Waals surface area (Å²) in [7, 11) is -1.06. The minimum Gasteiger partial charge on any atom is -0.460 e. The van der Waals surface area contributed by atoms with E-state index in [2.05, 4.69) is 0 Å². The van der Waals surface area contributed by atoms with E-state index >= 15 is 0 Å². The van der Waals surface area contributed by atoms with Gasteiger partial charge in [0.1, 0.15) is 5.58 Å². The van der Waals surface area contributed by atoms with Gasteiger partial charge in [-0.25, -0.2) is 4.79 Å². The van der Waals surface area contributed by atoms with Gasteiger partial charge in [-0.3, -0.25) is 0 Å². The number of furan rings is 1. The first-order chi connectivity index (χ1) is 13.9. The minimum atomic E-state index is -4.64. The van der Waals surface area contributed by atoms with Gasteiger partial charge in [0, 0.05) is 10.8 Å². The lowest BCUT2D eigenvalue weighted by atomic mass is 9.76. The van der Waals surface area contributed by atoms with Crippen LogP contribution in [0.5, 0.6) is 0 Å². The third-order valence-corrected chi connectivity index (χ3v) is 6.15. The summed E-state index contributed by atoms with van der Waals surface area (Å²) in [5.74, 6) is -1.09. The molecule has 0 amide bonds. The van der Waals surface area contributed by atoms with Crippen molar-refractivity contribution < 1.29 is 36.4 Å². The topological polar surface area (TPSA) is 57.9 Å². The number of fused-ring (bicyclic) bond motifs is 1. The normalized spacial score (nSPS) is 20.7. The number of hydrogen-bond acceptors (Lipinski definition) is 5. The first-order valence-electron chi connectivity index (χ1n) is 10.1. The van der Waals surface area contributed by atoms with Crippen LogP contribution in [-0.4, -0.2) is 30.9 Å². The fourth-order valence-electron chi connectivity index (χ4n) is 3.65. The van der Waals surface area contributed by atoms with Gasteiger partial charge in [-0.2, -0.15) is 13.2 Å². The van der Waals surface area contributed by atoms with Gasteiger partial charge in [0.05, 0.1) is 23.4 Å². The van der Waals surface area contributed by atoms with Gasteiger partial charge < -0.3 is 18.5 Å². The molecule has 30 heavy (non-hydrogen) atoms. The molecule has 0 atom stereocenters. The fraction of sp³-hybridized carbons (Fsp3) is 0.571. The van der Waals surface area contributed by atoms with Crippen molar-refractivity contribution in [1.29, 1.82) is 0 Å². The van der Waals surface area contributed by atoms with Crippen LogP contribution >= 0.6 is 0 Å². The van der Waals surface area contributed by atoms with Crippen molar-refractivity contribution in [2.75, 3.05) is 6.61 Å². The zero-order chi connectivity index (χ0) is 22.1. The Kier molecular flexibility index (Phi) is 4.78. The predicted molar refractivity (Wildman–Crippen MR) is 105 cm³/mol. The smallest absolute Gasteiger partial charge is 0.460 e. The van der Waals surface area contributed by atoms with Crippen LogP contribution in [0, 0.1) is 0 Å². The molecule has 0 bridgehead atoms. The number of carbonyl (C=O) groups excluding carboxylic acids is 1. The van der Waals surface area contributed by atoms with Crippen LogP contribution in [0.1, 0.15) is 75.1 Å². The summed E-state index contributed by atoms with van der Waals surface area (Å²) in [5, 5.41) is 0.174. The molecule has 2 aliphatic rings. The maximum absolute atomic E-state index is 13.9. The number of halogens is 3. The SMILES string of the molecule is CCOC(=O)c1oc2c(C(F)(F)F)cc(C3CC3)cc2c1B1OC(C)(C)C(C)(C)O1. The van der Waals surface area contributed by atoms with Crippen LogP contribution in [0.15, 0.2) is 16.5 Å². The summed E-state index contributed by atoms with van der Waals surface area (Å²) in [4.78, 5) is 12.6. The summed E-state index contributed by atoms with van der Waals surface area (Å²) in [6.07, 6.45) is -2.98. The lowest BCUT2D eigenvalue weighted by Crippen LogP contribution is -2.41. The molecule has 0 radical (unpaired) electrons. The van der Waals surface area contributed by atoms with Gasteiger partial charge in [-0.15, -0.1) is 0 Å². The molecule has 5 nitrogen and oxygen atoms in total. The largest absolute Gasteiger partial charge is 0.499 e. The molecule has 1 aromatic heterocycles. The van der Waals surface area contributed by atoms with Crippen LogP contribution in [-0.2, 0) is 20.2 Å². The van der Waals surface area contributed by atoms with Gasteiger partial charge in [0.2, 0.25) is 5.76 Å². The third-order valence-electron chi connectivity index (χ3n) is 6.15. The highest BCUT2D eigenvalue weighted by Gasteiger charge is 2.54. The summed E-state index contributed by atoms with van der Waals surface area (Å²) >= 11 is 0. The first kappa shape index (κ1) is 21.2. The van der Waals surface area contributed by atoms with E-state index in [1.165, 1.54) is 0 Å². The average Bonchev–Trinajstić information content (AvgIpc) is 3.34. The molecule has 1 saturated carbocycles. The second kappa shape index (κ2) is 6.75. The van der Waals surface area contributed by atoms with Crippen LogP contribution in [0.4, 0.5) is 13.2 Å². The molecular weight excluding hydrogens is 400 g/mol. The van der Waals surface area contributed by atoms with Gasteiger partial charge in [-0.1, -0.05) is 0 Å². The van der Waals surface area contributed by atoms with Crippen molar-refractivity contribution in [3.63, 3.8) is 0 Å². The van der Waals surface area contributed by atoms with E-state index in [0.717, 1.165) is 18.9 Å². The van der Waals surface area contributed by atoms with E-state index in [9.17, 15) is 18.0 Å². The zero-order valence-corrected chi connectivity index (χ0v) is 17.6. The van der Waals surface area contributed by atoms with Gasteiger partial charge >= 0.3 is 19.3 Å². The number of alkyl halides is 3. The van der Waals surface area contributed by atoms with Gasteiger partial charge in [0.15, 0.2) is 0 Å². The highest BCUT2D eigenvalue weighted by Crippen LogP contribution is 2.45. The van der Waals surface area contributed by atoms with Crippen molar-refractivity contribution in [3.05, 3.63) is 29.0 Å². The monoisotopic (exact) mass is 424 g/mol. The van der Waals surface area contributed by atoms with Crippen molar-refractivity contribution in [2.45, 2.75) is 70.8 Å². The predicted octanol–water partition coefficient (Wildman–Crippen LogP) is 4.80. The summed E-state index contributed by atoms with van der Waals surface area (Å²) in [6.45, 7) is 8.98. The molecule has 1 aliphatic carbocycles. The van der Waals surface area contributed by atoms with Crippen molar-refractivity contribution >= 4 is 29.5 Å². The Bertz CT molecular complexity index is 988. The van der Waals surface area contributed by atoms with Crippen molar-refractivity contribution in [1.82, 2.24) is 0 Å². The molecule has 0 unspecified atom stereocenters. The molecule has 0 N–H and O–H groups in total. The molecule has 0 spiro atoms. The molecule has 2 heterocycles. The second-order valence-electron chi connectivity index (χ2n) is 8.87. The number of benzene rings is 1. The number of hydrogen-bond donors (Lipinski definition) is 0. The summed E-state index contributed by atoms with van der Waals surface area (Å²) in [6, 6.07) is 2.78. The minimum absolute atomic E-state index is 0.0537. The molecule has 2 aromatic rings. The fourth-order valence-corrected chi connectivity index (χ4v) is 3.65. The average molecular weight is 424 g/mol. The quantitative estimate of drug-likeness (QED) is 0.521. The molecule has 1 aromatic carbocycles. The van der Waals surface area contributed by atoms with Crippen molar-refractivity contribution in [3.8, 4) is 0 Å². The van der Waals surface area contributed by atoms with E-state index in [4.69, 9.17) is 18.5 Å². The van der Waals surface area contributed by atoms with E-state index in [-0.39, 0.29) is 29.1 Å². The van der Waals surface area contributed by atoms with E-state index in [0.29, 0.717) is 5.56 Å².